The zero-order chi connectivity index (χ0) is 41.7. The van der Waals surface area contributed by atoms with E-state index in [-0.39, 0.29) is 24.9 Å². The number of aliphatic hydroxyl groups is 2. The molecule has 0 aliphatic carbocycles. The minimum Gasteiger partial charge on any atom is -0.462 e. The summed E-state index contributed by atoms with van der Waals surface area (Å²) in [6.45, 7) is 6.47. The lowest BCUT2D eigenvalue weighted by molar-refractivity contribution is -0.150. The molecule has 0 saturated heterocycles. The minimum atomic E-state index is -0.790. The second-order valence-electron chi connectivity index (χ2n) is 17.2. The van der Waals surface area contributed by atoms with Crippen molar-refractivity contribution in [3.63, 3.8) is 0 Å². The summed E-state index contributed by atoms with van der Waals surface area (Å²) in [6, 6.07) is -0.706. The Labute approximate surface area is 354 Å². The molecule has 0 aliphatic rings. The van der Waals surface area contributed by atoms with Crippen LogP contribution in [0.5, 0.6) is 0 Å². The predicted molar refractivity (Wildman–Crippen MR) is 246 cm³/mol. The van der Waals surface area contributed by atoms with Gasteiger partial charge in [-0.2, -0.15) is 0 Å². The van der Waals surface area contributed by atoms with Gasteiger partial charge in [0.1, 0.15) is 6.10 Å². The van der Waals surface area contributed by atoms with Gasteiger partial charge in [-0.15, -0.1) is 0 Å². The topological polar surface area (TPSA) is 95.9 Å². The zero-order valence-electron chi connectivity index (χ0n) is 38.2. The average molecular weight is 804 g/mol. The largest absolute Gasteiger partial charge is 0.462 e. The van der Waals surface area contributed by atoms with Crippen molar-refractivity contribution in [3.8, 4) is 0 Å². The van der Waals surface area contributed by atoms with Crippen molar-refractivity contribution in [2.24, 2.45) is 0 Å². The lowest BCUT2D eigenvalue weighted by Crippen LogP contribution is -2.46. The number of carbonyl (C=O) groups is 2. The summed E-state index contributed by atoms with van der Waals surface area (Å²) in [7, 11) is 0. The molecule has 0 aromatic rings. The molecule has 1 amide bonds. The number of allylic oxidation sites excluding steroid dienone is 4. The second kappa shape index (κ2) is 45.4. The molecule has 0 rings (SSSR count). The third-order valence-electron chi connectivity index (χ3n) is 11.5. The van der Waals surface area contributed by atoms with Crippen LogP contribution in [0.4, 0.5) is 0 Å². The standard InChI is InChI=1S/C51H97NO5/c1-4-7-10-13-16-19-22-24-26-28-30-33-36-39-42-47(57-51(56)44-41-38-35-32-29-25-23-20-17-14-11-8-5-2)45-50(55)52-48(46-53)49(54)43-40-37-34-31-27-21-18-15-12-9-6-3/h25,29,35,38,47-49,53-54H,4-24,26-28,30-34,36-37,39-46H2,1-3H3,(H,52,55)/b29-25-,38-35+. The Balaban J connectivity index is 4.63. The van der Waals surface area contributed by atoms with E-state index < -0.39 is 18.2 Å². The summed E-state index contributed by atoms with van der Waals surface area (Å²) < 4.78 is 5.89. The number of rotatable bonds is 45. The van der Waals surface area contributed by atoms with E-state index in [0.29, 0.717) is 25.7 Å². The Hall–Kier alpha value is -1.66. The van der Waals surface area contributed by atoms with Crippen LogP contribution in [-0.4, -0.2) is 46.9 Å². The SMILES string of the molecule is CCCCCCCC/C=C\C/C=C/CCC(=O)OC(CCCCCCCCCCCCCCCC)CC(=O)NC(CO)C(O)CCCCCCCCCCCCC. The third kappa shape index (κ3) is 40.9. The van der Waals surface area contributed by atoms with Crippen LogP contribution in [0.1, 0.15) is 265 Å². The molecule has 336 valence electrons. The molecule has 0 heterocycles. The first-order chi connectivity index (χ1) is 28.0. The fourth-order valence-corrected chi connectivity index (χ4v) is 7.72. The number of esters is 1. The lowest BCUT2D eigenvalue weighted by atomic mass is 10.0. The monoisotopic (exact) mass is 804 g/mol. The van der Waals surface area contributed by atoms with Gasteiger partial charge in [-0.25, -0.2) is 0 Å². The van der Waals surface area contributed by atoms with E-state index in [4.69, 9.17) is 4.74 Å². The molecule has 57 heavy (non-hydrogen) atoms. The molecule has 0 aromatic carbocycles. The summed E-state index contributed by atoms with van der Waals surface area (Å²) in [5.41, 5.74) is 0. The van der Waals surface area contributed by atoms with Crippen LogP contribution in [0.15, 0.2) is 24.3 Å². The van der Waals surface area contributed by atoms with Crippen LogP contribution in [-0.2, 0) is 14.3 Å². The molecular weight excluding hydrogens is 707 g/mol. The van der Waals surface area contributed by atoms with Crippen LogP contribution in [0.25, 0.3) is 0 Å². The molecule has 3 unspecified atom stereocenters. The summed E-state index contributed by atoms with van der Waals surface area (Å²) in [5.74, 6) is -0.542. The molecule has 0 aliphatic heterocycles. The molecule has 0 spiro atoms. The van der Waals surface area contributed by atoms with Gasteiger partial charge in [0.15, 0.2) is 0 Å². The third-order valence-corrected chi connectivity index (χ3v) is 11.5. The first-order valence-electron chi connectivity index (χ1n) is 25.1. The molecule has 0 radical (unpaired) electrons. The highest BCUT2D eigenvalue weighted by molar-refractivity contribution is 5.77. The van der Waals surface area contributed by atoms with E-state index in [1.165, 1.54) is 167 Å². The molecule has 0 fully saturated rings. The predicted octanol–water partition coefficient (Wildman–Crippen LogP) is 14.7. The quantitative estimate of drug-likeness (QED) is 0.0324. The zero-order valence-corrected chi connectivity index (χ0v) is 38.2. The number of hydrogen-bond donors (Lipinski definition) is 3. The van der Waals surface area contributed by atoms with Crippen molar-refractivity contribution in [1.29, 1.82) is 0 Å². The van der Waals surface area contributed by atoms with E-state index in [2.05, 4.69) is 50.4 Å². The molecule has 6 nitrogen and oxygen atoms in total. The van der Waals surface area contributed by atoms with Gasteiger partial charge in [0.2, 0.25) is 5.91 Å². The highest BCUT2D eigenvalue weighted by Crippen LogP contribution is 2.18. The highest BCUT2D eigenvalue weighted by atomic mass is 16.5. The number of aliphatic hydroxyl groups excluding tert-OH is 2. The Bertz CT molecular complexity index is 904. The van der Waals surface area contributed by atoms with Crippen molar-refractivity contribution >= 4 is 11.9 Å². The Morgan fingerprint density at radius 2 is 0.895 bits per heavy atom. The van der Waals surface area contributed by atoms with E-state index in [0.717, 1.165) is 44.9 Å². The summed E-state index contributed by atoms with van der Waals surface area (Å²) in [4.78, 5) is 26.0. The van der Waals surface area contributed by atoms with Gasteiger partial charge in [-0.1, -0.05) is 231 Å². The van der Waals surface area contributed by atoms with Crippen LogP contribution >= 0.6 is 0 Å². The number of amides is 1. The molecule has 0 bridgehead atoms. The van der Waals surface area contributed by atoms with Crippen molar-refractivity contribution in [2.75, 3.05) is 6.61 Å². The van der Waals surface area contributed by atoms with Gasteiger partial charge >= 0.3 is 5.97 Å². The summed E-state index contributed by atoms with van der Waals surface area (Å²) >= 11 is 0. The van der Waals surface area contributed by atoms with Gasteiger partial charge < -0.3 is 20.3 Å². The van der Waals surface area contributed by atoms with Gasteiger partial charge in [-0.05, 0) is 44.9 Å². The molecule has 0 saturated carbocycles. The first-order valence-corrected chi connectivity index (χ1v) is 25.1. The van der Waals surface area contributed by atoms with E-state index in [9.17, 15) is 19.8 Å². The van der Waals surface area contributed by atoms with Crippen LogP contribution in [0, 0.1) is 0 Å². The maximum Gasteiger partial charge on any atom is 0.306 e. The Kier molecular flexibility index (Phi) is 44.1. The van der Waals surface area contributed by atoms with E-state index in [1.807, 2.05) is 0 Å². The minimum absolute atomic E-state index is 0.0606. The molecular formula is C51H97NO5. The fourth-order valence-electron chi connectivity index (χ4n) is 7.72. The molecule has 3 N–H and O–H groups in total. The van der Waals surface area contributed by atoms with Gasteiger partial charge in [0, 0.05) is 6.42 Å². The average Bonchev–Trinajstić information content (AvgIpc) is 3.20. The lowest BCUT2D eigenvalue weighted by Gasteiger charge is -2.24. The van der Waals surface area contributed by atoms with Gasteiger partial charge in [0.05, 0.1) is 25.2 Å². The smallest absolute Gasteiger partial charge is 0.306 e. The number of hydrogen-bond acceptors (Lipinski definition) is 5. The van der Waals surface area contributed by atoms with Crippen molar-refractivity contribution in [2.45, 2.75) is 283 Å². The van der Waals surface area contributed by atoms with E-state index >= 15 is 0 Å². The number of nitrogens with one attached hydrogen (secondary N) is 1. The van der Waals surface area contributed by atoms with Gasteiger partial charge in [0.25, 0.3) is 0 Å². The second-order valence-corrected chi connectivity index (χ2v) is 17.2. The van der Waals surface area contributed by atoms with Crippen molar-refractivity contribution < 1.29 is 24.5 Å². The van der Waals surface area contributed by atoms with Crippen LogP contribution in [0.2, 0.25) is 0 Å². The highest BCUT2D eigenvalue weighted by Gasteiger charge is 2.24. The van der Waals surface area contributed by atoms with E-state index in [1.54, 1.807) is 0 Å². The maximum absolute atomic E-state index is 13.2. The summed E-state index contributed by atoms with van der Waals surface area (Å²) in [6.07, 6.45) is 51.0. The van der Waals surface area contributed by atoms with Crippen molar-refractivity contribution in [1.82, 2.24) is 5.32 Å². The summed E-state index contributed by atoms with van der Waals surface area (Å²) in [5, 5.41) is 23.7. The Morgan fingerprint density at radius 3 is 1.33 bits per heavy atom. The Morgan fingerprint density at radius 1 is 0.509 bits per heavy atom. The van der Waals surface area contributed by atoms with Crippen LogP contribution < -0.4 is 5.32 Å². The van der Waals surface area contributed by atoms with Crippen molar-refractivity contribution in [3.05, 3.63) is 24.3 Å². The molecule has 3 atom stereocenters. The molecule has 0 aromatic heterocycles. The number of ether oxygens (including phenoxy) is 1. The molecule has 6 heteroatoms. The van der Waals surface area contributed by atoms with Crippen LogP contribution in [0.3, 0.4) is 0 Å². The maximum atomic E-state index is 13.2. The number of unbranched alkanes of at least 4 members (excludes halogenated alkanes) is 29. The first kappa shape index (κ1) is 55.3. The number of carbonyl (C=O) groups excluding carboxylic acids is 2. The van der Waals surface area contributed by atoms with Gasteiger partial charge in [-0.3, -0.25) is 9.59 Å². The normalized spacial score (nSPS) is 13.4. The fraction of sp³-hybridized carbons (Fsp3) is 0.882.